The molecule has 16 heavy (non-hydrogen) atoms. The van der Waals surface area contributed by atoms with Gasteiger partial charge in [-0.25, -0.2) is 0 Å². The van der Waals surface area contributed by atoms with Gasteiger partial charge in [0.1, 0.15) is 0 Å². The average Bonchev–Trinajstić information content (AvgIpc) is 2.57. The topological polar surface area (TPSA) is 3.24 Å². The van der Waals surface area contributed by atoms with Crippen molar-refractivity contribution in [3.05, 3.63) is 35.4 Å². The Bertz CT molecular complexity index is 345. The first kappa shape index (κ1) is 11.7. The zero-order valence-electron chi connectivity index (χ0n) is 10.7. The first-order chi connectivity index (χ1) is 7.72. The Morgan fingerprint density at radius 1 is 1.31 bits per heavy atom. The normalized spacial score (nSPS) is 23.8. The van der Waals surface area contributed by atoms with E-state index in [0.29, 0.717) is 0 Å². The van der Waals surface area contributed by atoms with Gasteiger partial charge < -0.3 is 4.90 Å². The van der Waals surface area contributed by atoms with Crippen molar-refractivity contribution in [2.45, 2.75) is 32.6 Å². The summed E-state index contributed by atoms with van der Waals surface area (Å²) >= 11 is 0. The molecule has 1 aliphatic rings. The SMILES string of the molecule is CCCN(C)C[C@@H]1Cc2ccccc2[C@@H]1C. The predicted molar refractivity (Wildman–Crippen MR) is 69.8 cm³/mol. The molecular formula is C15H23N. The van der Waals surface area contributed by atoms with E-state index in [1.807, 2.05) is 0 Å². The van der Waals surface area contributed by atoms with E-state index in [1.54, 1.807) is 11.1 Å². The standard InChI is InChI=1S/C15H23N/c1-4-9-16(3)11-14-10-13-7-5-6-8-15(13)12(14)2/h5-8,12,14H,4,9-11H2,1-3H3/t12-,14+/m1/s1. The summed E-state index contributed by atoms with van der Waals surface area (Å²) in [6.07, 6.45) is 2.52. The van der Waals surface area contributed by atoms with Crippen molar-refractivity contribution in [1.29, 1.82) is 0 Å². The molecule has 2 rings (SSSR count). The molecule has 0 radical (unpaired) electrons. The Kier molecular flexibility index (Phi) is 3.65. The van der Waals surface area contributed by atoms with Crippen LogP contribution in [0.2, 0.25) is 0 Å². The fourth-order valence-corrected chi connectivity index (χ4v) is 2.97. The third-order valence-electron chi connectivity index (χ3n) is 3.89. The Hall–Kier alpha value is -0.820. The molecule has 0 unspecified atom stereocenters. The van der Waals surface area contributed by atoms with E-state index in [9.17, 15) is 0 Å². The van der Waals surface area contributed by atoms with Gasteiger partial charge in [-0.15, -0.1) is 0 Å². The molecule has 0 saturated heterocycles. The van der Waals surface area contributed by atoms with Crippen molar-refractivity contribution in [2.75, 3.05) is 20.1 Å². The maximum absolute atomic E-state index is 2.48. The number of hydrogen-bond donors (Lipinski definition) is 0. The molecule has 0 heterocycles. The van der Waals surface area contributed by atoms with Crippen molar-refractivity contribution in [2.24, 2.45) is 5.92 Å². The van der Waals surface area contributed by atoms with Gasteiger partial charge in [-0.1, -0.05) is 38.1 Å². The van der Waals surface area contributed by atoms with Crippen molar-refractivity contribution in [3.8, 4) is 0 Å². The highest BCUT2D eigenvalue weighted by atomic mass is 15.1. The highest BCUT2D eigenvalue weighted by molar-refractivity contribution is 5.35. The zero-order chi connectivity index (χ0) is 11.5. The Morgan fingerprint density at radius 3 is 2.75 bits per heavy atom. The summed E-state index contributed by atoms with van der Waals surface area (Å²) in [7, 11) is 2.25. The maximum atomic E-state index is 2.48. The van der Waals surface area contributed by atoms with Crippen LogP contribution >= 0.6 is 0 Å². The molecule has 0 amide bonds. The van der Waals surface area contributed by atoms with Gasteiger partial charge in [0, 0.05) is 6.54 Å². The number of rotatable bonds is 4. The monoisotopic (exact) mass is 217 g/mol. The molecule has 0 aromatic heterocycles. The lowest BCUT2D eigenvalue weighted by atomic mass is 9.94. The Morgan fingerprint density at radius 2 is 2.06 bits per heavy atom. The number of hydrogen-bond acceptors (Lipinski definition) is 1. The summed E-state index contributed by atoms with van der Waals surface area (Å²) in [6.45, 7) is 7.10. The lowest BCUT2D eigenvalue weighted by Crippen LogP contribution is -2.27. The minimum atomic E-state index is 0.732. The van der Waals surface area contributed by atoms with E-state index in [4.69, 9.17) is 0 Å². The minimum absolute atomic E-state index is 0.732. The van der Waals surface area contributed by atoms with E-state index in [2.05, 4.69) is 50.1 Å². The second-order valence-corrected chi connectivity index (χ2v) is 5.21. The number of nitrogens with zero attached hydrogens (tertiary/aromatic N) is 1. The van der Waals surface area contributed by atoms with Gasteiger partial charge in [0.15, 0.2) is 0 Å². The summed E-state index contributed by atoms with van der Waals surface area (Å²) in [5.41, 5.74) is 3.15. The fraction of sp³-hybridized carbons (Fsp3) is 0.600. The van der Waals surface area contributed by atoms with Crippen molar-refractivity contribution in [1.82, 2.24) is 4.90 Å². The number of benzene rings is 1. The summed E-state index contributed by atoms with van der Waals surface area (Å²) in [5.74, 6) is 1.55. The molecule has 2 atom stereocenters. The highest BCUT2D eigenvalue weighted by Crippen LogP contribution is 2.37. The summed E-state index contributed by atoms with van der Waals surface area (Å²) in [4.78, 5) is 2.48. The fourth-order valence-electron chi connectivity index (χ4n) is 2.97. The van der Waals surface area contributed by atoms with Crippen LogP contribution in [0.4, 0.5) is 0 Å². The van der Waals surface area contributed by atoms with Crippen LogP contribution in [-0.2, 0) is 6.42 Å². The quantitative estimate of drug-likeness (QED) is 0.748. The summed E-state index contributed by atoms with van der Waals surface area (Å²) in [6, 6.07) is 8.95. The molecule has 0 spiro atoms. The lowest BCUT2D eigenvalue weighted by molar-refractivity contribution is 0.265. The first-order valence-corrected chi connectivity index (χ1v) is 6.48. The second kappa shape index (κ2) is 5.01. The van der Waals surface area contributed by atoms with E-state index in [1.165, 1.54) is 25.9 Å². The molecule has 0 bridgehead atoms. The van der Waals surface area contributed by atoms with Crippen LogP contribution in [0, 0.1) is 5.92 Å². The van der Waals surface area contributed by atoms with E-state index >= 15 is 0 Å². The first-order valence-electron chi connectivity index (χ1n) is 6.48. The van der Waals surface area contributed by atoms with E-state index in [-0.39, 0.29) is 0 Å². The third-order valence-corrected chi connectivity index (χ3v) is 3.89. The van der Waals surface area contributed by atoms with E-state index in [0.717, 1.165) is 11.8 Å². The molecule has 0 N–H and O–H groups in total. The smallest absolute Gasteiger partial charge is 0.00155 e. The van der Waals surface area contributed by atoms with Gasteiger partial charge in [0.2, 0.25) is 0 Å². The van der Waals surface area contributed by atoms with Crippen LogP contribution in [0.5, 0.6) is 0 Å². The van der Waals surface area contributed by atoms with Crippen LogP contribution in [0.25, 0.3) is 0 Å². The van der Waals surface area contributed by atoms with Crippen LogP contribution in [-0.4, -0.2) is 25.0 Å². The molecule has 1 aromatic carbocycles. The van der Waals surface area contributed by atoms with Gasteiger partial charge in [-0.05, 0) is 49.4 Å². The molecule has 1 aromatic rings. The predicted octanol–water partition coefficient (Wildman–Crippen LogP) is 3.30. The van der Waals surface area contributed by atoms with Gasteiger partial charge in [-0.3, -0.25) is 0 Å². The Balaban J connectivity index is 2.01. The molecule has 1 aliphatic carbocycles. The third kappa shape index (κ3) is 2.30. The molecular weight excluding hydrogens is 194 g/mol. The second-order valence-electron chi connectivity index (χ2n) is 5.21. The van der Waals surface area contributed by atoms with Crippen LogP contribution in [0.3, 0.4) is 0 Å². The van der Waals surface area contributed by atoms with Crippen molar-refractivity contribution < 1.29 is 0 Å². The van der Waals surface area contributed by atoms with Gasteiger partial charge in [0.05, 0.1) is 0 Å². The molecule has 0 fully saturated rings. The molecule has 1 nitrogen and oxygen atoms in total. The summed E-state index contributed by atoms with van der Waals surface area (Å²) in [5, 5.41) is 0. The zero-order valence-corrected chi connectivity index (χ0v) is 10.7. The molecule has 1 heteroatoms. The van der Waals surface area contributed by atoms with Gasteiger partial charge in [0.25, 0.3) is 0 Å². The minimum Gasteiger partial charge on any atom is -0.306 e. The largest absolute Gasteiger partial charge is 0.306 e. The molecule has 0 aliphatic heterocycles. The van der Waals surface area contributed by atoms with Crippen molar-refractivity contribution in [3.63, 3.8) is 0 Å². The average molecular weight is 217 g/mol. The molecule has 88 valence electrons. The van der Waals surface area contributed by atoms with Gasteiger partial charge >= 0.3 is 0 Å². The van der Waals surface area contributed by atoms with Crippen LogP contribution in [0.1, 0.15) is 37.3 Å². The van der Waals surface area contributed by atoms with Crippen molar-refractivity contribution >= 4 is 0 Å². The Labute approximate surface area is 99.5 Å². The lowest BCUT2D eigenvalue weighted by Gasteiger charge is -2.23. The summed E-state index contributed by atoms with van der Waals surface area (Å²) < 4.78 is 0. The van der Waals surface area contributed by atoms with Gasteiger partial charge in [-0.2, -0.15) is 0 Å². The molecule has 0 saturated carbocycles. The van der Waals surface area contributed by atoms with Crippen LogP contribution in [0.15, 0.2) is 24.3 Å². The van der Waals surface area contributed by atoms with Crippen LogP contribution < -0.4 is 0 Å². The van der Waals surface area contributed by atoms with E-state index < -0.39 is 0 Å². The highest BCUT2D eigenvalue weighted by Gasteiger charge is 2.28. The number of fused-ring (bicyclic) bond motifs is 1. The maximum Gasteiger partial charge on any atom is 0.00155 e.